The number of nitrogens with zero attached hydrogens (tertiary/aromatic N) is 1. The number of rotatable bonds is 12. The second-order valence-corrected chi connectivity index (χ2v) is 13.7. The first-order valence-corrected chi connectivity index (χ1v) is 16.2. The summed E-state index contributed by atoms with van der Waals surface area (Å²) in [5.41, 5.74) is 1.25. The Morgan fingerprint density at radius 3 is 2.59 bits per heavy atom. The van der Waals surface area contributed by atoms with Crippen LogP contribution in [0.3, 0.4) is 0 Å². The molecule has 2 saturated heterocycles. The molecule has 13 heteroatoms. The van der Waals surface area contributed by atoms with Gasteiger partial charge in [0.05, 0.1) is 41.7 Å². The molecule has 0 spiro atoms. The maximum atomic E-state index is 14.0. The van der Waals surface area contributed by atoms with Gasteiger partial charge in [-0.3, -0.25) is 4.79 Å². The zero-order chi connectivity index (χ0) is 31.6. The molecule has 0 saturated carbocycles. The number of aliphatic hydroxyl groups is 1. The smallest absolute Gasteiger partial charge is 0.407 e. The molecule has 4 N–H and O–H groups in total. The maximum absolute atomic E-state index is 14.0. The Morgan fingerprint density at radius 2 is 1.89 bits per heavy atom. The van der Waals surface area contributed by atoms with Crippen LogP contribution in [0.5, 0.6) is 5.88 Å². The van der Waals surface area contributed by atoms with Crippen LogP contribution in [0.2, 0.25) is 0 Å². The van der Waals surface area contributed by atoms with Crippen LogP contribution < -0.4 is 5.32 Å². The second kappa shape index (κ2) is 13.2. The molecule has 3 heterocycles. The number of hydrogen-bond acceptors (Lipinski definition) is 9. The highest BCUT2D eigenvalue weighted by Gasteiger charge is 2.44. The number of carbonyl (C=O) groups is 2. The molecule has 0 radical (unpaired) electrons. The maximum Gasteiger partial charge on any atom is 0.407 e. The van der Waals surface area contributed by atoms with E-state index in [0.717, 1.165) is 5.56 Å². The molecule has 238 valence electrons. The van der Waals surface area contributed by atoms with Crippen molar-refractivity contribution in [1.82, 2.24) is 14.6 Å². The van der Waals surface area contributed by atoms with E-state index in [2.05, 4.69) is 10.3 Å². The predicted octanol–water partition coefficient (Wildman–Crippen LogP) is 3.18. The van der Waals surface area contributed by atoms with E-state index in [1.165, 1.54) is 29.4 Å². The van der Waals surface area contributed by atoms with Gasteiger partial charge in [-0.1, -0.05) is 44.2 Å². The zero-order valence-electron chi connectivity index (χ0n) is 24.9. The van der Waals surface area contributed by atoms with E-state index in [1.807, 2.05) is 44.2 Å². The van der Waals surface area contributed by atoms with Crippen molar-refractivity contribution >= 4 is 32.8 Å². The van der Waals surface area contributed by atoms with Gasteiger partial charge in [0.1, 0.15) is 6.10 Å². The van der Waals surface area contributed by atoms with Crippen molar-refractivity contribution in [2.24, 2.45) is 11.8 Å². The molecule has 2 fully saturated rings. The van der Waals surface area contributed by atoms with Crippen molar-refractivity contribution in [1.29, 1.82) is 0 Å². The number of alkyl carbamates (subject to hydrolysis) is 1. The van der Waals surface area contributed by atoms with Gasteiger partial charge in [-0.05, 0) is 49.4 Å². The second-order valence-electron chi connectivity index (χ2n) is 11.8. The minimum absolute atomic E-state index is 0.00119. The van der Waals surface area contributed by atoms with E-state index in [4.69, 9.17) is 14.2 Å². The first kappa shape index (κ1) is 31.9. The zero-order valence-corrected chi connectivity index (χ0v) is 25.7. The summed E-state index contributed by atoms with van der Waals surface area (Å²) in [5, 5.41) is 24.8. The first-order chi connectivity index (χ1) is 20.9. The summed E-state index contributed by atoms with van der Waals surface area (Å²) in [6.07, 6.45) is -2.00. The summed E-state index contributed by atoms with van der Waals surface area (Å²) < 4.78 is 45.9. The molecule has 1 amide bonds. The SMILES string of the molecule is CC(=O)c1c(O)[nH]c2ccc(S(=O)(=O)N(CC(C)C)C[C@@H](O)[C@H](Cc3ccccc3)NC(=O)O[C@H]3COC4OCCC43)cc12. The van der Waals surface area contributed by atoms with Crippen LogP contribution >= 0.6 is 0 Å². The summed E-state index contributed by atoms with van der Waals surface area (Å²) >= 11 is 0. The molecule has 0 bridgehead atoms. The standard InChI is InChI=1S/C31H39N3O9S/c1-18(2)15-34(44(39,40)21-9-10-24-23(14-21)28(19(3)35)29(37)32-24)16-26(36)25(13-20-7-5-4-6-8-20)33-31(38)43-27-17-42-30-22(27)11-12-41-30/h4-10,14,18,22,25-27,30,32,36-37H,11-13,15-17H2,1-3H3,(H,33,38)/t22?,25-,26+,27-,30?/m0/s1. The summed E-state index contributed by atoms with van der Waals surface area (Å²) in [7, 11) is -4.19. The average molecular weight is 630 g/mol. The van der Waals surface area contributed by atoms with Crippen molar-refractivity contribution < 1.29 is 42.4 Å². The van der Waals surface area contributed by atoms with Gasteiger partial charge in [0.25, 0.3) is 0 Å². The molecular formula is C31H39N3O9S. The van der Waals surface area contributed by atoms with Crippen LogP contribution in [0.4, 0.5) is 4.79 Å². The summed E-state index contributed by atoms with van der Waals surface area (Å²) in [4.78, 5) is 27.8. The van der Waals surface area contributed by atoms with Gasteiger partial charge in [0, 0.05) is 24.0 Å². The lowest BCUT2D eigenvalue weighted by Gasteiger charge is -2.31. The molecule has 5 atom stereocenters. The Balaban J connectivity index is 1.38. The van der Waals surface area contributed by atoms with Gasteiger partial charge >= 0.3 is 6.09 Å². The topological polar surface area (TPSA) is 167 Å². The number of aromatic amines is 1. The number of aromatic hydroxyl groups is 1. The quantitative estimate of drug-likeness (QED) is 0.220. The highest BCUT2D eigenvalue weighted by atomic mass is 32.2. The number of aliphatic hydroxyl groups excluding tert-OH is 1. The van der Waals surface area contributed by atoms with Crippen molar-refractivity contribution in [3.63, 3.8) is 0 Å². The number of aromatic nitrogens is 1. The van der Waals surface area contributed by atoms with Gasteiger partial charge in [0.2, 0.25) is 15.9 Å². The lowest BCUT2D eigenvalue weighted by Crippen LogP contribution is -2.51. The first-order valence-electron chi connectivity index (χ1n) is 14.7. The third-order valence-electron chi connectivity index (χ3n) is 8.01. The molecular weight excluding hydrogens is 590 g/mol. The number of amides is 1. The molecule has 3 aromatic rings. The van der Waals surface area contributed by atoms with Crippen molar-refractivity contribution in [3.05, 3.63) is 59.7 Å². The van der Waals surface area contributed by atoms with E-state index >= 15 is 0 Å². The highest BCUT2D eigenvalue weighted by molar-refractivity contribution is 7.89. The Hall–Kier alpha value is -3.49. The number of Topliss-reactive ketones (excluding diaryl/α,β-unsaturated/α-hetero) is 1. The third-order valence-corrected chi connectivity index (χ3v) is 9.84. The number of H-pyrrole nitrogens is 1. The normalized spacial score (nSPS) is 21.5. The molecule has 2 aromatic carbocycles. The number of nitrogens with one attached hydrogen (secondary N) is 2. The Kier molecular flexibility index (Phi) is 9.61. The fourth-order valence-corrected chi connectivity index (χ4v) is 7.51. The monoisotopic (exact) mass is 629 g/mol. The Labute approximate surface area is 256 Å². The van der Waals surface area contributed by atoms with Gasteiger partial charge in [-0.15, -0.1) is 0 Å². The van der Waals surface area contributed by atoms with Crippen molar-refractivity contribution in [3.8, 4) is 5.88 Å². The van der Waals surface area contributed by atoms with Gasteiger partial charge in [-0.2, -0.15) is 4.31 Å². The van der Waals surface area contributed by atoms with E-state index in [9.17, 15) is 28.2 Å². The number of fused-ring (bicyclic) bond motifs is 2. The molecule has 1 aromatic heterocycles. The van der Waals surface area contributed by atoms with Gasteiger partial charge in [0.15, 0.2) is 12.1 Å². The number of sulfonamides is 1. The van der Waals surface area contributed by atoms with E-state index in [1.54, 1.807) is 0 Å². The number of ketones is 1. The largest absolute Gasteiger partial charge is 0.494 e. The fraction of sp³-hybridized carbons (Fsp3) is 0.484. The highest BCUT2D eigenvalue weighted by Crippen LogP contribution is 2.33. The van der Waals surface area contributed by atoms with Crippen LogP contribution in [-0.4, -0.2) is 90.6 Å². The Morgan fingerprint density at radius 1 is 1.14 bits per heavy atom. The molecule has 12 nitrogen and oxygen atoms in total. The van der Waals surface area contributed by atoms with Crippen LogP contribution in [0, 0.1) is 11.8 Å². The minimum Gasteiger partial charge on any atom is -0.494 e. The van der Waals surface area contributed by atoms with Crippen LogP contribution in [0.1, 0.15) is 43.1 Å². The summed E-state index contributed by atoms with van der Waals surface area (Å²) in [6.45, 7) is 5.51. The predicted molar refractivity (Wildman–Crippen MR) is 161 cm³/mol. The molecule has 2 unspecified atom stereocenters. The molecule has 44 heavy (non-hydrogen) atoms. The van der Waals surface area contributed by atoms with Gasteiger partial charge in [-0.25, -0.2) is 13.2 Å². The van der Waals surface area contributed by atoms with Crippen LogP contribution in [0.25, 0.3) is 10.9 Å². The van der Waals surface area contributed by atoms with E-state index < -0.39 is 46.4 Å². The number of hydrogen-bond donors (Lipinski definition) is 4. The average Bonchev–Trinajstić information content (AvgIpc) is 3.67. The molecule has 5 rings (SSSR count). The van der Waals surface area contributed by atoms with Crippen LogP contribution in [0.15, 0.2) is 53.4 Å². The van der Waals surface area contributed by atoms with Crippen LogP contribution in [-0.2, 0) is 30.7 Å². The van der Waals surface area contributed by atoms with Crippen molar-refractivity contribution in [2.45, 2.75) is 63.0 Å². The number of carbonyl (C=O) groups excluding carboxylic acids is 2. The molecule has 2 aliphatic rings. The molecule has 0 aliphatic carbocycles. The molecule has 2 aliphatic heterocycles. The summed E-state index contributed by atoms with van der Waals surface area (Å²) in [5.74, 6) is -0.912. The summed E-state index contributed by atoms with van der Waals surface area (Å²) in [6, 6.07) is 12.6. The number of benzene rings is 2. The lowest BCUT2D eigenvalue weighted by atomic mass is 10.0. The third kappa shape index (κ3) is 6.92. The van der Waals surface area contributed by atoms with E-state index in [-0.39, 0.29) is 59.7 Å². The fourth-order valence-electron chi connectivity index (χ4n) is 5.86. The minimum atomic E-state index is -4.19. The van der Waals surface area contributed by atoms with E-state index in [0.29, 0.717) is 18.5 Å². The van der Waals surface area contributed by atoms with Crippen molar-refractivity contribution in [2.75, 3.05) is 26.3 Å². The lowest BCUT2D eigenvalue weighted by molar-refractivity contribution is -0.0907. The number of ether oxygens (including phenoxy) is 3. The Bertz CT molecular complexity index is 1590. The van der Waals surface area contributed by atoms with Gasteiger partial charge < -0.3 is 34.7 Å².